The highest BCUT2D eigenvalue weighted by Gasteiger charge is 2.47. The molecule has 12 nitrogen and oxygen atoms in total. The number of aliphatic hydroxyl groups excluding tert-OH is 2. The zero-order valence-electron chi connectivity index (χ0n) is 24.0. The van der Waals surface area contributed by atoms with Crippen LogP contribution in [0.1, 0.15) is 57.9 Å². The topological polar surface area (TPSA) is 175 Å². The maximum absolute atomic E-state index is 12.6. The van der Waals surface area contributed by atoms with E-state index >= 15 is 0 Å². The number of nitrogens with two attached hydrogens (primary N) is 1. The van der Waals surface area contributed by atoms with Crippen molar-refractivity contribution in [2.75, 3.05) is 19.3 Å². The molecule has 2 aromatic rings. The summed E-state index contributed by atoms with van der Waals surface area (Å²) < 4.78 is 48.4. The second kappa shape index (κ2) is 10.6. The number of nitrogens with zero attached hydrogens (tertiary/aromatic N) is 4. The van der Waals surface area contributed by atoms with Crippen LogP contribution in [0.15, 0.2) is 6.33 Å². The van der Waals surface area contributed by atoms with Gasteiger partial charge in [-0.2, -0.15) is 0 Å². The lowest BCUT2D eigenvalue weighted by Gasteiger charge is -2.25. The van der Waals surface area contributed by atoms with Gasteiger partial charge in [0.25, 0.3) is 5.91 Å². The second-order valence-corrected chi connectivity index (χ2v) is 8.55. The Bertz CT molecular complexity index is 1330. The number of imidazole rings is 1. The SMILES string of the molecule is [2H]C([2H])([2H])C([2H])([2H])NC(=O)C1OC(n2cnc3c(N)nc(C#CCC4CCC(C(=O)OC)CC4)nc32)C(O)C1O. The molecule has 4 unspecified atom stereocenters. The Morgan fingerprint density at radius 2 is 2.11 bits per heavy atom. The van der Waals surface area contributed by atoms with Gasteiger partial charge in [0.05, 0.1) is 19.4 Å². The number of nitrogens with one attached hydrogen (secondary N) is 1. The quantitative estimate of drug-likeness (QED) is 0.326. The Morgan fingerprint density at radius 1 is 1.34 bits per heavy atom. The van der Waals surface area contributed by atoms with E-state index < -0.39 is 43.8 Å². The highest BCUT2D eigenvalue weighted by Crippen LogP contribution is 2.33. The number of rotatable bonds is 5. The Labute approximate surface area is 209 Å². The molecular formula is C23H30N6O6. The smallest absolute Gasteiger partial charge is 0.308 e. The Hall–Kier alpha value is -3.27. The summed E-state index contributed by atoms with van der Waals surface area (Å²) in [6.45, 7) is -6.28. The van der Waals surface area contributed by atoms with Gasteiger partial charge in [-0.1, -0.05) is 5.92 Å². The highest BCUT2D eigenvalue weighted by atomic mass is 16.6. The predicted molar refractivity (Wildman–Crippen MR) is 123 cm³/mol. The summed E-state index contributed by atoms with van der Waals surface area (Å²) in [5.74, 6) is 4.76. The van der Waals surface area contributed by atoms with E-state index in [1.807, 2.05) is 0 Å². The van der Waals surface area contributed by atoms with Gasteiger partial charge in [-0.05, 0) is 44.4 Å². The molecule has 1 saturated carbocycles. The van der Waals surface area contributed by atoms with Gasteiger partial charge < -0.3 is 30.7 Å². The predicted octanol–water partition coefficient (Wildman–Crippen LogP) is -0.115. The zero-order chi connectivity index (χ0) is 29.4. The van der Waals surface area contributed by atoms with Crippen molar-refractivity contribution in [2.45, 2.75) is 63.5 Å². The first-order chi connectivity index (χ1) is 18.7. The van der Waals surface area contributed by atoms with Crippen LogP contribution in [0.4, 0.5) is 5.82 Å². The van der Waals surface area contributed by atoms with Crippen molar-refractivity contribution >= 4 is 28.9 Å². The number of anilines is 1. The maximum atomic E-state index is 12.6. The first-order valence-electron chi connectivity index (χ1n) is 13.6. The molecule has 0 spiro atoms. The lowest BCUT2D eigenvalue weighted by molar-refractivity contribution is -0.146. The third kappa shape index (κ3) is 5.07. The minimum atomic E-state index is -3.18. The summed E-state index contributed by atoms with van der Waals surface area (Å²) in [7, 11) is 1.38. The second-order valence-electron chi connectivity index (χ2n) is 8.55. The number of ether oxygens (including phenoxy) is 2. The molecule has 1 amide bonds. The number of carbonyl (C=O) groups excluding carboxylic acids is 2. The Morgan fingerprint density at radius 3 is 2.83 bits per heavy atom. The number of esters is 1. The van der Waals surface area contributed by atoms with Crippen molar-refractivity contribution in [2.24, 2.45) is 11.8 Å². The van der Waals surface area contributed by atoms with Crippen molar-refractivity contribution in [1.82, 2.24) is 24.8 Å². The molecule has 1 aliphatic carbocycles. The maximum Gasteiger partial charge on any atom is 0.308 e. The summed E-state index contributed by atoms with van der Waals surface area (Å²) in [6, 6.07) is 0. The van der Waals surface area contributed by atoms with E-state index in [1.165, 1.54) is 18.0 Å². The van der Waals surface area contributed by atoms with Gasteiger partial charge in [0.15, 0.2) is 23.8 Å². The Balaban J connectivity index is 1.49. The fourth-order valence-corrected chi connectivity index (χ4v) is 4.46. The third-order valence-corrected chi connectivity index (χ3v) is 6.38. The van der Waals surface area contributed by atoms with Crippen LogP contribution in [-0.4, -0.2) is 73.5 Å². The van der Waals surface area contributed by atoms with Crippen molar-refractivity contribution < 1.29 is 36.1 Å². The molecular weight excluding hydrogens is 456 g/mol. The van der Waals surface area contributed by atoms with Crippen molar-refractivity contribution in [3.8, 4) is 11.8 Å². The molecule has 0 bridgehead atoms. The van der Waals surface area contributed by atoms with Crippen LogP contribution >= 0.6 is 0 Å². The lowest BCUT2D eigenvalue weighted by atomic mass is 9.81. The molecule has 3 heterocycles. The molecule has 0 radical (unpaired) electrons. The minimum absolute atomic E-state index is 0.000150. The van der Waals surface area contributed by atoms with E-state index in [1.54, 1.807) is 5.32 Å². The summed E-state index contributed by atoms with van der Waals surface area (Å²) in [5.41, 5.74) is 6.30. The molecule has 5 N–H and O–H groups in total. The summed E-state index contributed by atoms with van der Waals surface area (Å²) >= 11 is 0. The molecule has 2 fully saturated rings. The van der Waals surface area contributed by atoms with Gasteiger partial charge in [-0.25, -0.2) is 15.0 Å². The number of nitrogen functional groups attached to an aromatic ring is 1. The van der Waals surface area contributed by atoms with Crippen LogP contribution < -0.4 is 11.1 Å². The average molecular weight is 492 g/mol. The highest BCUT2D eigenvalue weighted by molar-refractivity contribution is 5.83. The fourth-order valence-electron chi connectivity index (χ4n) is 4.46. The summed E-state index contributed by atoms with van der Waals surface area (Å²) in [5, 5.41) is 22.8. The van der Waals surface area contributed by atoms with E-state index in [4.69, 9.17) is 22.1 Å². The van der Waals surface area contributed by atoms with Crippen molar-refractivity contribution in [1.29, 1.82) is 0 Å². The van der Waals surface area contributed by atoms with Gasteiger partial charge >= 0.3 is 5.97 Å². The number of amides is 1. The first-order valence-corrected chi connectivity index (χ1v) is 11.1. The third-order valence-electron chi connectivity index (χ3n) is 6.38. The molecule has 188 valence electrons. The number of aliphatic hydroxyl groups is 2. The van der Waals surface area contributed by atoms with Crippen LogP contribution in [0, 0.1) is 23.7 Å². The monoisotopic (exact) mass is 491 g/mol. The molecule has 0 aromatic carbocycles. The van der Waals surface area contributed by atoms with Crippen LogP contribution in [0.5, 0.6) is 0 Å². The van der Waals surface area contributed by atoms with Crippen LogP contribution in [-0.2, 0) is 19.1 Å². The van der Waals surface area contributed by atoms with Crippen LogP contribution in [0.2, 0.25) is 0 Å². The average Bonchev–Trinajstić information content (AvgIpc) is 3.44. The van der Waals surface area contributed by atoms with Crippen molar-refractivity contribution in [3.63, 3.8) is 0 Å². The minimum Gasteiger partial charge on any atom is -0.469 e. The zero-order valence-corrected chi connectivity index (χ0v) is 19.0. The molecule has 1 saturated heterocycles. The number of aromatic nitrogens is 4. The van der Waals surface area contributed by atoms with Gasteiger partial charge in [0.1, 0.15) is 17.7 Å². The molecule has 4 rings (SSSR count). The summed E-state index contributed by atoms with van der Waals surface area (Å²) in [6.07, 6.45) is -1.75. The van der Waals surface area contributed by atoms with Gasteiger partial charge in [0.2, 0.25) is 5.82 Å². The van der Waals surface area contributed by atoms with Crippen LogP contribution in [0.3, 0.4) is 0 Å². The number of fused-ring (bicyclic) bond motifs is 1. The number of hydrogen-bond donors (Lipinski definition) is 4. The van der Waals surface area contributed by atoms with E-state index in [0.29, 0.717) is 12.3 Å². The van der Waals surface area contributed by atoms with E-state index in [2.05, 4.69) is 26.8 Å². The largest absolute Gasteiger partial charge is 0.469 e. The van der Waals surface area contributed by atoms with E-state index in [9.17, 15) is 19.8 Å². The molecule has 2 aromatic heterocycles. The van der Waals surface area contributed by atoms with Gasteiger partial charge in [0, 0.05) is 19.8 Å². The fraction of sp³-hybridized carbons (Fsp3) is 0.609. The van der Waals surface area contributed by atoms with Crippen LogP contribution in [0.25, 0.3) is 11.2 Å². The van der Waals surface area contributed by atoms with E-state index in [0.717, 1.165) is 25.7 Å². The molecule has 12 heteroatoms. The van der Waals surface area contributed by atoms with E-state index in [-0.39, 0.29) is 34.7 Å². The Kier molecular flexibility index (Phi) is 5.72. The van der Waals surface area contributed by atoms with Gasteiger partial charge in [-0.15, -0.1) is 0 Å². The number of hydrogen-bond acceptors (Lipinski definition) is 10. The normalized spacial score (nSPS) is 31.2. The number of likely N-dealkylation sites (N-methyl/N-ethyl adjacent to an activating group) is 1. The molecule has 2 aliphatic rings. The molecule has 1 aliphatic heterocycles. The molecule has 35 heavy (non-hydrogen) atoms. The summed E-state index contributed by atoms with van der Waals surface area (Å²) in [4.78, 5) is 36.9. The van der Waals surface area contributed by atoms with Crippen molar-refractivity contribution in [3.05, 3.63) is 12.2 Å². The lowest BCUT2D eigenvalue weighted by Crippen LogP contribution is -2.42. The van der Waals surface area contributed by atoms with Gasteiger partial charge in [-0.3, -0.25) is 14.2 Å². The number of carbonyl (C=O) groups is 2. The standard InChI is InChI=1S/C23H30N6O6/c1-3-25-21(32)18-16(30)17(31)22(35-18)29-11-26-15-19(24)27-14(28-20(15)29)6-4-5-12-7-9-13(10-8-12)23(33)34-2/h11-13,16-18,22,30-31H,3,5,7-10H2,1-2H3,(H,25,32)(H2,24,27,28)/i1D3,3D2. The molecule has 4 atom stereocenters. The first kappa shape index (κ1) is 19.0. The number of methoxy groups -OCH3 is 1.